The van der Waals surface area contributed by atoms with E-state index in [4.69, 9.17) is 0 Å². The maximum absolute atomic E-state index is 13.4. The summed E-state index contributed by atoms with van der Waals surface area (Å²) in [5, 5.41) is 5.33. The minimum Gasteiger partial charge on any atom is -0.351 e. The molecular formula is C21H21F2N5O. The summed E-state index contributed by atoms with van der Waals surface area (Å²) < 4.78 is 28.3. The summed E-state index contributed by atoms with van der Waals surface area (Å²) in [4.78, 5) is 22.8. The van der Waals surface area contributed by atoms with Crippen LogP contribution in [0.2, 0.25) is 0 Å². The molecule has 1 unspecified atom stereocenters. The number of hydrogen-bond donors (Lipinski definition) is 0. The van der Waals surface area contributed by atoms with Gasteiger partial charge in [0.1, 0.15) is 5.82 Å². The molecule has 0 bridgehead atoms. The molecule has 0 saturated carbocycles. The largest absolute Gasteiger partial charge is 0.351 e. The Balaban J connectivity index is 1.53. The second-order valence-electron chi connectivity index (χ2n) is 7.70. The van der Waals surface area contributed by atoms with Crippen LogP contribution in [0, 0.1) is 0 Å². The Morgan fingerprint density at radius 1 is 1.14 bits per heavy atom. The molecule has 0 amide bonds. The lowest BCUT2D eigenvalue weighted by atomic mass is 10.2. The molecule has 2 aliphatic rings. The van der Waals surface area contributed by atoms with Gasteiger partial charge >= 0.3 is 0 Å². The summed E-state index contributed by atoms with van der Waals surface area (Å²) in [5.41, 5.74) is 2.46. The minimum atomic E-state index is -2.74. The number of para-hydroxylation sites is 1. The van der Waals surface area contributed by atoms with Crippen LogP contribution in [0.5, 0.6) is 0 Å². The van der Waals surface area contributed by atoms with E-state index in [1.165, 1.54) is 4.68 Å². The van der Waals surface area contributed by atoms with Gasteiger partial charge in [-0.25, -0.2) is 23.4 Å². The lowest BCUT2D eigenvalue weighted by molar-refractivity contribution is 0.141. The summed E-state index contributed by atoms with van der Waals surface area (Å²) in [5.74, 6) is 0.0554. The maximum Gasteiger partial charge on any atom is 0.297 e. The predicted octanol–water partition coefficient (Wildman–Crippen LogP) is 3.28. The van der Waals surface area contributed by atoms with Crippen molar-refractivity contribution >= 4 is 16.7 Å². The second-order valence-corrected chi connectivity index (χ2v) is 7.70. The highest BCUT2D eigenvalue weighted by Gasteiger charge is 2.30. The molecule has 1 saturated heterocycles. The first-order valence-electron chi connectivity index (χ1n) is 10.0. The average molecular weight is 397 g/mol. The Labute approximate surface area is 166 Å². The molecule has 0 N–H and O–H groups in total. The molecule has 8 heteroatoms. The smallest absolute Gasteiger partial charge is 0.297 e. The zero-order valence-corrected chi connectivity index (χ0v) is 15.9. The van der Waals surface area contributed by atoms with E-state index in [1.807, 2.05) is 17.0 Å². The van der Waals surface area contributed by atoms with E-state index in [9.17, 15) is 13.6 Å². The van der Waals surface area contributed by atoms with E-state index >= 15 is 0 Å². The predicted molar refractivity (Wildman–Crippen MR) is 105 cm³/mol. The van der Waals surface area contributed by atoms with Gasteiger partial charge in [0.05, 0.1) is 23.8 Å². The average Bonchev–Trinajstić information content (AvgIpc) is 3.36. The first kappa shape index (κ1) is 18.1. The molecular weight excluding hydrogens is 376 g/mol. The number of anilines is 1. The van der Waals surface area contributed by atoms with Gasteiger partial charge in [-0.15, -0.1) is 0 Å². The topological polar surface area (TPSA) is 63.9 Å². The van der Waals surface area contributed by atoms with Gasteiger partial charge in [0, 0.05) is 18.0 Å². The molecule has 5 rings (SSSR count). The fourth-order valence-corrected chi connectivity index (χ4v) is 4.47. The van der Waals surface area contributed by atoms with Gasteiger partial charge in [-0.1, -0.05) is 12.1 Å². The lowest BCUT2D eigenvalue weighted by Crippen LogP contribution is -2.38. The molecule has 1 aliphatic carbocycles. The highest BCUT2D eigenvalue weighted by atomic mass is 19.3. The number of alkyl halides is 2. The van der Waals surface area contributed by atoms with Gasteiger partial charge in [0.2, 0.25) is 0 Å². The number of nitrogens with zero attached hydrogens (tertiary/aromatic N) is 5. The third-order valence-corrected chi connectivity index (χ3v) is 5.85. The SMILES string of the molecule is O=c1cc2c(nn1CC1CCCN1c1nc(C(F)F)nc3ccccc13)CCC2. The number of rotatable bonds is 4. The molecule has 3 heterocycles. The van der Waals surface area contributed by atoms with Crippen molar-refractivity contribution in [2.24, 2.45) is 0 Å². The van der Waals surface area contributed by atoms with Crippen molar-refractivity contribution < 1.29 is 8.78 Å². The molecule has 2 aromatic heterocycles. The van der Waals surface area contributed by atoms with Crippen molar-refractivity contribution in [1.29, 1.82) is 0 Å². The summed E-state index contributed by atoms with van der Waals surface area (Å²) >= 11 is 0. The van der Waals surface area contributed by atoms with Gasteiger partial charge in [-0.3, -0.25) is 4.79 Å². The van der Waals surface area contributed by atoms with Crippen LogP contribution in [0.25, 0.3) is 10.9 Å². The van der Waals surface area contributed by atoms with E-state index in [0.717, 1.165) is 48.7 Å². The normalized spacial score (nSPS) is 18.7. The number of fused-ring (bicyclic) bond motifs is 2. The van der Waals surface area contributed by atoms with Gasteiger partial charge in [-0.2, -0.15) is 5.10 Å². The van der Waals surface area contributed by atoms with Gasteiger partial charge in [0.15, 0.2) is 5.82 Å². The third kappa shape index (κ3) is 3.26. The van der Waals surface area contributed by atoms with E-state index in [-0.39, 0.29) is 11.6 Å². The van der Waals surface area contributed by atoms with Crippen LogP contribution in [0.1, 0.15) is 42.8 Å². The molecule has 0 spiro atoms. The van der Waals surface area contributed by atoms with Gasteiger partial charge in [-0.05, 0) is 49.8 Å². The summed E-state index contributed by atoms with van der Waals surface area (Å²) in [6, 6.07) is 8.89. The van der Waals surface area contributed by atoms with E-state index in [0.29, 0.717) is 24.4 Å². The number of benzene rings is 1. The Morgan fingerprint density at radius 2 is 2.00 bits per heavy atom. The fourth-order valence-electron chi connectivity index (χ4n) is 4.47. The zero-order valence-electron chi connectivity index (χ0n) is 15.9. The summed E-state index contributed by atoms with van der Waals surface area (Å²) in [7, 11) is 0. The van der Waals surface area contributed by atoms with Gasteiger partial charge < -0.3 is 4.90 Å². The number of aromatic nitrogens is 4. The van der Waals surface area contributed by atoms with E-state index in [1.54, 1.807) is 18.2 Å². The number of aryl methyl sites for hydroxylation is 2. The Morgan fingerprint density at radius 3 is 2.86 bits per heavy atom. The summed E-state index contributed by atoms with van der Waals surface area (Å²) in [6.07, 6.45) is 1.88. The molecule has 1 fully saturated rings. The van der Waals surface area contributed by atoms with Crippen molar-refractivity contribution in [3.8, 4) is 0 Å². The van der Waals surface area contributed by atoms with Crippen molar-refractivity contribution in [1.82, 2.24) is 19.7 Å². The Hall–Kier alpha value is -2.90. The van der Waals surface area contributed by atoms with Crippen LogP contribution in [0.15, 0.2) is 35.1 Å². The molecule has 1 aromatic carbocycles. The highest BCUT2D eigenvalue weighted by molar-refractivity contribution is 5.89. The van der Waals surface area contributed by atoms with Crippen molar-refractivity contribution in [2.45, 2.75) is 51.1 Å². The van der Waals surface area contributed by atoms with Gasteiger partial charge in [0.25, 0.3) is 12.0 Å². The molecule has 150 valence electrons. The molecule has 1 atom stereocenters. The minimum absolute atomic E-state index is 0.0246. The maximum atomic E-state index is 13.4. The Bertz CT molecular complexity index is 1130. The molecule has 6 nitrogen and oxygen atoms in total. The first-order valence-corrected chi connectivity index (χ1v) is 10.0. The quantitative estimate of drug-likeness (QED) is 0.676. The molecule has 0 radical (unpaired) electrons. The van der Waals surface area contributed by atoms with Crippen molar-refractivity contribution in [3.05, 3.63) is 57.8 Å². The monoisotopic (exact) mass is 397 g/mol. The Kier molecular flexibility index (Phi) is 4.49. The second kappa shape index (κ2) is 7.17. The molecule has 3 aromatic rings. The highest BCUT2D eigenvalue weighted by Crippen LogP contribution is 2.32. The molecule has 29 heavy (non-hydrogen) atoms. The standard InChI is InChI=1S/C21H21F2N5O/c22-19(23)20-24-17-8-2-1-7-15(17)21(25-20)27-10-4-6-14(27)12-28-18(29)11-13-5-3-9-16(13)26-28/h1-2,7-8,11,14,19H,3-6,9-10,12H2. The first-order chi connectivity index (χ1) is 14.1. The summed E-state index contributed by atoms with van der Waals surface area (Å²) in [6.45, 7) is 1.13. The van der Waals surface area contributed by atoms with Crippen molar-refractivity contribution in [2.75, 3.05) is 11.4 Å². The van der Waals surface area contributed by atoms with Crippen LogP contribution in [0.4, 0.5) is 14.6 Å². The van der Waals surface area contributed by atoms with Crippen LogP contribution in [0.3, 0.4) is 0 Å². The number of halogens is 2. The fraction of sp³-hybridized carbons (Fsp3) is 0.429. The van der Waals surface area contributed by atoms with E-state index in [2.05, 4.69) is 15.1 Å². The third-order valence-electron chi connectivity index (χ3n) is 5.85. The van der Waals surface area contributed by atoms with Crippen LogP contribution in [-0.2, 0) is 19.4 Å². The van der Waals surface area contributed by atoms with E-state index < -0.39 is 12.2 Å². The van der Waals surface area contributed by atoms with Crippen LogP contribution >= 0.6 is 0 Å². The molecule has 1 aliphatic heterocycles. The van der Waals surface area contributed by atoms with Crippen molar-refractivity contribution in [3.63, 3.8) is 0 Å². The zero-order chi connectivity index (χ0) is 20.0. The number of hydrogen-bond acceptors (Lipinski definition) is 5. The lowest BCUT2D eigenvalue weighted by Gasteiger charge is -2.27. The van der Waals surface area contributed by atoms with Crippen LogP contribution in [-0.4, -0.2) is 32.3 Å². The van der Waals surface area contributed by atoms with Crippen LogP contribution < -0.4 is 10.5 Å².